The van der Waals surface area contributed by atoms with E-state index in [9.17, 15) is 14.0 Å². The molecular weight excluding hydrogens is 345 g/mol. The van der Waals surface area contributed by atoms with E-state index in [1.54, 1.807) is 0 Å². The maximum Gasteiger partial charge on any atom is 0.321 e. The Morgan fingerprint density at radius 2 is 2.00 bits per heavy atom. The minimum Gasteiger partial charge on any atom is -0.381 e. The number of amides is 3. The van der Waals surface area contributed by atoms with Gasteiger partial charge in [-0.15, -0.1) is 0 Å². The van der Waals surface area contributed by atoms with Gasteiger partial charge in [-0.1, -0.05) is 43.7 Å². The molecule has 0 aliphatic heterocycles. The van der Waals surface area contributed by atoms with Gasteiger partial charge in [-0.05, 0) is 30.5 Å². The lowest BCUT2D eigenvalue weighted by Crippen LogP contribution is -2.43. The summed E-state index contributed by atoms with van der Waals surface area (Å²) in [6.07, 6.45) is 7.11. The van der Waals surface area contributed by atoms with Gasteiger partial charge in [-0.3, -0.25) is 9.69 Å². The van der Waals surface area contributed by atoms with Crippen LogP contribution in [0.4, 0.5) is 14.9 Å². The maximum absolute atomic E-state index is 13.6. The number of rotatable bonds is 7. The lowest BCUT2D eigenvalue weighted by atomic mass is 9.86. The summed E-state index contributed by atoms with van der Waals surface area (Å²) in [5.41, 5.74) is 5.55. The van der Waals surface area contributed by atoms with E-state index in [1.807, 2.05) is 0 Å². The number of halogens is 2. The molecule has 7 heteroatoms. The van der Waals surface area contributed by atoms with Crippen molar-refractivity contribution in [1.29, 1.82) is 0 Å². The number of hydrogen-bond acceptors (Lipinski definition) is 3. The minimum atomic E-state index is -0.776. The number of benzene rings is 1. The zero-order valence-corrected chi connectivity index (χ0v) is 15.0. The van der Waals surface area contributed by atoms with Crippen molar-refractivity contribution >= 4 is 29.2 Å². The molecule has 0 heterocycles. The van der Waals surface area contributed by atoms with Crippen molar-refractivity contribution in [2.75, 3.05) is 18.4 Å². The Hall–Kier alpha value is -1.82. The first-order chi connectivity index (χ1) is 12.0. The zero-order chi connectivity index (χ0) is 18.2. The Morgan fingerprint density at radius 1 is 1.28 bits per heavy atom. The SMILES string of the molecule is NC(=O)N(CCNc1cc(Cl)ccc1F)C(=O)CCC1CCCCC1. The van der Waals surface area contributed by atoms with Crippen molar-refractivity contribution in [3.63, 3.8) is 0 Å². The van der Waals surface area contributed by atoms with Crippen molar-refractivity contribution in [3.8, 4) is 0 Å². The van der Waals surface area contributed by atoms with E-state index in [-0.39, 0.29) is 24.7 Å². The Kier molecular flexibility index (Phi) is 7.50. The second-order valence-electron chi connectivity index (χ2n) is 6.48. The summed E-state index contributed by atoms with van der Waals surface area (Å²) in [6.45, 7) is 0.292. The fourth-order valence-corrected chi connectivity index (χ4v) is 3.40. The first-order valence-electron chi connectivity index (χ1n) is 8.76. The van der Waals surface area contributed by atoms with Gasteiger partial charge >= 0.3 is 6.03 Å². The number of carbonyl (C=O) groups is 2. The molecule has 1 aliphatic rings. The lowest BCUT2D eigenvalue weighted by molar-refractivity contribution is -0.128. The first kappa shape index (κ1) is 19.5. The van der Waals surface area contributed by atoms with Crippen LogP contribution in [0.25, 0.3) is 0 Å². The molecule has 0 radical (unpaired) electrons. The molecule has 1 aromatic carbocycles. The number of hydrogen-bond donors (Lipinski definition) is 2. The average molecular weight is 370 g/mol. The molecular formula is C18H25ClFN3O2. The van der Waals surface area contributed by atoms with Gasteiger partial charge < -0.3 is 11.1 Å². The van der Waals surface area contributed by atoms with E-state index < -0.39 is 11.8 Å². The Bertz CT molecular complexity index is 606. The molecule has 2 rings (SSSR count). The van der Waals surface area contributed by atoms with Crippen molar-refractivity contribution in [2.24, 2.45) is 11.7 Å². The Labute approximate surface area is 152 Å². The molecule has 0 spiro atoms. The summed E-state index contributed by atoms with van der Waals surface area (Å²) in [5.74, 6) is -0.156. The standard InChI is InChI=1S/C18H25ClFN3O2/c19-14-7-8-15(20)16(12-14)22-10-11-23(18(21)25)17(24)9-6-13-4-2-1-3-5-13/h7-8,12-13,22H,1-6,9-11H2,(H2,21,25). The van der Waals surface area contributed by atoms with E-state index in [0.29, 0.717) is 17.4 Å². The number of nitrogens with one attached hydrogen (secondary N) is 1. The number of nitrogens with zero attached hydrogens (tertiary/aromatic N) is 1. The third kappa shape index (κ3) is 6.20. The molecule has 138 valence electrons. The summed E-state index contributed by atoms with van der Waals surface area (Å²) in [6, 6.07) is 3.39. The predicted octanol–water partition coefficient (Wildman–Crippen LogP) is 4.16. The summed E-state index contributed by atoms with van der Waals surface area (Å²) in [4.78, 5) is 24.9. The average Bonchev–Trinajstić information content (AvgIpc) is 2.60. The van der Waals surface area contributed by atoms with Crippen molar-refractivity contribution < 1.29 is 14.0 Å². The Morgan fingerprint density at radius 3 is 2.68 bits per heavy atom. The summed E-state index contributed by atoms with van der Waals surface area (Å²) < 4.78 is 13.6. The summed E-state index contributed by atoms with van der Waals surface area (Å²) in [7, 11) is 0. The summed E-state index contributed by atoms with van der Waals surface area (Å²) >= 11 is 5.83. The van der Waals surface area contributed by atoms with Gasteiger partial charge in [0.1, 0.15) is 5.82 Å². The number of nitrogens with two attached hydrogens (primary N) is 1. The first-order valence-corrected chi connectivity index (χ1v) is 9.14. The second kappa shape index (κ2) is 9.61. The molecule has 0 bridgehead atoms. The van der Waals surface area contributed by atoms with Crippen molar-refractivity contribution in [1.82, 2.24) is 4.90 Å². The molecule has 0 saturated heterocycles. The van der Waals surface area contributed by atoms with Crippen LogP contribution in [0.5, 0.6) is 0 Å². The molecule has 5 nitrogen and oxygen atoms in total. The van der Waals surface area contributed by atoms with Crippen LogP contribution in [0.3, 0.4) is 0 Å². The highest BCUT2D eigenvalue weighted by Crippen LogP contribution is 2.27. The molecule has 1 aromatic rings. The van der Waals surface area contributed by atoms with Gasteiger partial charge in [0, 0.05) is 24.5 Å². The normalized spacial score (nSPS) is 15.0. The van der Waals surface area contributed by atoms with Gasteiger partial charge in [0.25, 0.3) is 0 Å². The molecule has 25 heavy (non-hydrogen) atoms. The smallest absolute Gasteiger partial charge is 0.321 e. The van der Waals surface area contributed by atoms with E-state index in [4.69, 9.17) is 17.3 Å². The topological polar surface area (TPSA) is 75.4 Å². The van der Waals surface area contributed by atoms with Gasteiger partial charge in [0.2, 0.25) is 5.91 Å². The highest BCUT2D eigenvalue weighted by molar-refractivity contribution is 6.30. The van der Waals surface area contributed by atoms with Crippen LogP contribution in [-0.2, 0) is 4.79 Å². The van der Waals surface area contributed by atoms with E-state index >= 15 is 0 Å². The van der Waals surface area contributed by atoms with Crippen LogP contribution in [-0.4, -0.2) is 29.9 Å². The monoisotopic (exact) mass is 369 g/mol. The zero-order valence-electron chi connectivity index (χ0n) is 14.3. The maximum atomic E-state index is 13.6. The fourth-order valence-electron chi connectivity index (χ4n) is 3.23. The van der Waals surface area contributed by atoms with Crippen LogP contribution >= 0.6 is 11.6 Å². The largest absolute Gasteiger partial charge is 0.381 e. The van der Waals surface area contributed by atoms with E-state index in [2.05, 4.69) is 5.32 Å². The number of primary amides is 1. The molecule has 3 amide bonds. The van der Waals surface area contributed by atoms with Crippen molar-refractivity contribution in [2.45, 2.75) is 44.9 Å². The molecule has 0 atom stereocenters. The number of imide groups is 1. The van der Waals surface area contributed by atoms with Crippen LogP contribution in [0.2, 0.25) is 5.02 Å². The van der Waals surface area contributed by atoms with E-state index in [1.165, 1.54) is 37.5 Å². The molecule has 0 unspecified atom stereocenters. The summed E-state index contributed by atoms with van der Waals surface area (Å²) in [5, 5.41) is 3.24. The minimum absolute atomic E-state index is 0.0881. The van der Waals surface area contributed by atoms with E-state index in [0.717, 1.165) is 24.2 Å². The predicted molar refractivity (Wildman–Crippen MR) is 97.0 cm³/mol. The highest BCUT2D eigenvalue weighted by Gasteiger charge is 2.21. The molecule has 3 N–H and O–H groups in total. The van der Waals surface area contributed by atoms with Gasteiger partial charge in [0.15, 0.2) is 0 Å². The number of anilines is 1. The Balaban J connectivity index is 1.81. The molecule has 1 saturated carbocycles. The van der Waals surface area contributed by atoms with Crippen LogP contribution in [0, 0.1) is 11.7 Å². The number of urea groups is 1. The lowest BCUT2D eigenvalue weighted by Gasteiger charge is -2.23. The van der Waals surface area contributed by atoms with Crippen LogP contribution < -0.4 is 11.1 Å². The van der Waals surface area contributed by atoms with Gasteiger partial charge in [-0.2, -0.15) is 0 Å². The third-order valence-electron chi connectivity index (χ3n) is 4.64. The molecule has 0 aromatic heterocycles. The van der Waals surface area contributed by atoms with Gasteiger partial charge in [0.05, 0.1) is 5.69 Å². The second-order valence-corrected chi connectivity index (χ2v) is 6.91. The quantitative estimate of drug-likeness (QED) is 0.757. The molecule has 1 fully saturated rings. The third-order valence-corrected chi connectivity index (χ3v) is 4.87. The van der Waals surface area contributed by atoms with Crippen molar-refractivity contribution in [3.05, 3.63) is 29.0 Å². The van der Waals surface area contributed by atoms with Gasteiger partial charge in [-0.25, -0.2) is 9.18 Å². The molecule has 1 aliphatic carbocycles. The van der Waals surface area contributed by atoms with Crippen LogP contribution in [0.1, 0.15) is 44.9 Å². The highest BCUT2D eigenvalue weighted by atomic mass is 35.5. The van der Waals surface area contributed by atoms with Crippen LogP contribution in [0.15, 0.2) is 18.2 Å². The number of carbonyl (C=O) groups excluding carboxylic acids is 2. The fraction of sp³-hybridized carbons (Fsp3) is 0.556.